The fraction of sp³-hybridized carbons (Fsp3) is 0.0625. The summed E-state index contributed by atoms with van der Waals surface area (Å²) >= 11 is 0. The lowest BCUT2D eigenvalue weighted by Gasteiger charge is -2.06. The summed E-state index contributed by atoms with van der Waals surface area (Å²) in [7, 11) is 0. The van der Waals surface area contributed by atoms with Crippen LogP contribution in [0.3, 0.4) is 0 Å². The molecule has 5 nitrogen and oxygen atoms in total. The van der Waals surface area contributed by atoms with Crippen LogP contribution in [0.15, 0.2) is 54.7 Å². The van der Waals surface area contributed by atoms with E-state index in [9.17, 15) is 10.1 Å². The first-order chi connectivity index (χ1) is 10.2. The van der Waals surface area contributed by atoms with Crippen LogP contribution in [0.25, 0.3) is 10.9 Å². The maximum atomic E-state index is 10.6. The van der Waals surface area contributed by atoms with Gasteiger partial charge in [0.25, 0.3) is 5.69 Å². The second-order valence-electron chi connectivity index (χ2n) is 4.72. The maximum absolute atomic E-state index is 10.6. The van der Waals surface area contributed by atoms with Gasteiger partial charge in [0.05, 0.1) is 16.6 Å². The van der Waals surface area contributed by atoms with Crippen molar-refractivity contribution in [3.05, 3.63) is 76.0 Å². The zero-order valence-electron chi connectivity index (χ0n) is 11.1. The van der Waals surface area contributed by atoms with Crippen LogP contribution in [0, 0.1) is 21.4 Å². The topological polar surface area (TPSA) is 71.9 Å². The number of nitriles is 1. The molecule has 0 aliphatic rings. The summed E-state index contributed by atoms with van der Waals surface area (Å²) < 4.78 is 2.03. The third-order valence-corrected chi connectivity index (χ3v) is 3.43. The number of nitrogens with zero attached hydrogens (tertiary/aromatic N) is 3. The number of hydrogen-bond acceptors (Lipinski definition) is 3. The van der Waals surface area contributed by atoms with E-state index in [4.69, 9.17) is 5.26 Å². The minimum atomic E-state index is -0.409. The molecule has 1 aromatic heterocycles. The Labute approximate surface area is 120 Å². The number of non-ortho nitro benzene ring substituents is 1. The second-order valence-corrected chi connectivity index (χ2v) is 4.72. The Morgan fingerprint density at radius 1 is 1.14 bits per heavy atom. The molecule has 0 radical (unpaired) electrons. The van der Waals surface area contributed by atoms with Crippen LogP contribution < -0.4 is 0 Å². The number of rotatable bonds is 3. The lowest BCUT2D eigenvalue weighted by atomic mass is 10.1. The summed E-state index contributed by atoms with van der Waals surface area (Å²) in [5.74, 6) is 0. The number of nitro benzene ring substituents is 1. The molecular formula is C16H11N3O2. The number of benzene rings is 2. The van der Waals surface area contributed by atoms with Crippen molar-refractivity contribution < 1.29 is 4.92 Å². The van der Waals surface area contributed by atoms with Crippen LogP contribution in [0.2, 0.25) is 0 Å². The van der Waals surface area contributed by atoms with Gasteiger partial charge < -0.3 is 4.57 Å². The summed E-state index contributed by atoms with van der Waals surface area (Å²) in [5.41, 5.74) is 2.69. The van der Waals surface area contributed by atoms with Crippen LogP contribution in [0.4, 0.5) is 5.69 Å². The van der Waals surface area contributed by atoms with Crippen molar-refractivity contribution in [1.29, 1.82) is 5.26 Å². The third kappa shape index (κ3) is 2.35. The van der Waals surface area contributed by atoms with Crippen LogP contribution in [0.5, 0.6) is 0 Å². The summed E-state index contributed by atoms with van der Waals surface area (Å²) in [6, 6.07) is 16.2. The van der Waals surface area contributed by atoms with Crippen LogP contribution in [-0.2, 0) is 6.54 Å². The molecule has 0 saturated heterocycles. The van der Waals surface area contributed by atoms with E-state index < -0.39 is 4.92 Å². The molecule has 0 aliphatic carbocycles. The molecule has 0 saturated carbocycles. The highest BCUT2D eigenvalue weighted by Gasteiger charge is 2.07. The van der Waals surface area contributed by atoms with E-state index in [0.29, 0.717) is 12.1 Å². The van der Waals surface area contributed by atoms with Gasteiger partial charge in [-0.25, -0.2) is 0 Å². The molecule has 0 spiro atoms. The Morgan fingerprint density at radius 3 is 2.57 bits per heavy atom. The number of hydrogen-bond donors (Lipinski definition) is 0. The van der Waals surface area contributed by atoms with E-state index in [1.807, 2.05) is 29.0 Å². The van der Waals surface area contributed by atoms with E-state index >= 15 is 0 Å². The smallest absolute Gasteiger partial charge is 0.269 e. The third-order valence-electron chi connectivity index (χ3n) is 3.43. The quantitative estimate of drug-likeness (QED) is 0.543. The largest absolute Gasteiger partial charge is 0.343 e. The molecule has 102 valence electrons. The van der Waals surface area contributed by atoms with E-state index in [2.05, 4.69) is 6.07 Å². The average Bonchev–Trinajstić information content (AvgIpc) is 2.91. The highest BCUT2D eigenvalue weighted by atomic mass is 16.6. The zero-order chi connectivity index (χ0) is 14.8. The van der Waals surface area contributed by atoms with Gasteiger partial charge in [-0.05, 0) is 23.8 Å². The monoisotopic (exact) mass is 277 g/mol. The SMILES string of the molecule is N#Cc1cccc2c1ccn2Cc1ccc([N+](=O)[O-])cc1. The average molecular weight is 277 g/mol. The molecule has 1 heterocycles. The standard InChI is InChI=1S/C16H11N3O2/c17-10-13-2-1-3-16-15(13)8-9-18(16)11-12-4-6-14(7-5-12)19(20)21/h1-9H,11H2. The lowest BCUT2D eigenvalue weighted by Crippen LogP contribution is -1.98. The molecule has 0 N–H and O–H groups in total. The predicted octanol–water partition coefficient (Wildman–Crippen LogP) is 3.47. The first kappa shape index (κ1) is 12.9. The van der Waals surface area contributed by atoms with Gasteiger partial charge in [-0.2, -0.15) is 5.26 Å². The van der Waals surface area contributed by atoms with E-state index in [1.54, 1.807) is 18.2 Å². The van der Waals surface area contributed by atoms with Crippen molar-refractivity contribution in [2.75, 3.05) is 0 Å². The minimum Gasteiger partial charge on any atom is -0.343 e. The van der Waals surface area contributed by atoms with E-state index in [1.165, 1.54) is 12.1 Å². The molecule has 0 bridgehead atoms. The van der Waals surface area contributed by atoms with Crippen molar-refractivity contribution in [3.8, 4) is 6.07 Å². The normalized spacial score (nSPS) is 10.4. The molecule has 0 atom stereocenters. The molecule has 0 unspecified atom stereocenters. The fourth-order valence-electron chi connectivity index (χ4n) is 2.38. The van der Waals surface area contributed by atoms with Gasteiger partial charge in [-0.15, -0.1) is 0 Å². The van der Waals surface area contributed by atoms with Gasteiger partial charge in [-0.1, -0.05) is 18.2 Å². The summed E-state index contributed by atoms with van der Waals surface area (Å²) in [4.78, 5) is 10.2. The molecular weight excluding hydrogens is 266 g/mol. The van der Waals surface area contributed by atoms with Crippen molar-refractivity contribution in [3.63, 3.8) is 0 Å². The fourth-order valence-corrected chi connectivity index (χ4v) is 2.38. The molecule has 0 amide bonds. The van der Waals surface area contributed by atoms with E-state index in [-0.39, 0.29) is 5.69 Å². The van der Waals surface area contributed by atoms with Gasteiger partial charge >= 0.3 is 0 Å². The summed E-state index contributed by atoms with van der Waals surface area (Å²) in [6.07, 6.45) is 1.92. The molecule has 0 aliphatic heterocycles. The maximum Gasteiger partial charge on any atom is 0.269 e. The molecule has 21 heavy (non-hydrogen) atoms. The minimum absolute atomic E-state index is 0.0860. The Morgan fingerprint density at radius 2 is 1.90 bits per heavy atom. The second kappa shape index (κ2) is 5.10. The van der Waals surface area contributed by atoms with Gasteiger partial charge in [-0.3, -0.25) is 10.1 Å². The first-order valence-corrected chi connectivity index (χ1v) is 6.40. The number of fused-ring (bicyclic) bond motifs is 1. The van der Waals surface area contributed by atoms with Crippen molar-refractivity contribution >= 4 is 16.6 Å². The van der Waals surface area contributed by atoms with Crippen LogP contribution >= 0.6 is 0 Å². The molecule has 0 fully saturated rings. The van der Waals surface area contributed by atoms with Crippen LogP contribution in [-0.4, -0.2) is 9.49 Å². The molecule has 3 aromatic rings. The number of nitro groups is 1. The summed E-state index contributed by atoms with van der Waals surface area (Å²) in [6.45, 7) is 0.608. The highest BCUT2D eigenvalue weighted by Crippen LogP contribution is 2.21. The zero-order valence-corrected chi connectivity index (χ0v) is 11.1. The lowest BCUT2D eigenvalue weighted by molar-refractivity contribution is -0.384. The van der Waals surface area contributed by atoms with Gasteiger partial charge in [0.15, 0.2) is 0 Å². The van der Waals surface area contributed by atoms with Gasteiger partial charge in [0.2, 0.25) is 0 Å². The molecule has 2 aromatic carbocycles. The van der Waals surface area contributed by atoms with Gasteiger partial charge in [0.1, 0.15) is 0 Å². The molecule has 3 rings (SSSR count). The Balaban J connectivity index is 1.95. The number of aromatic nitrogens is 1. The van der Waals surface area contributed by atoms with Gasteiger partial charge in [0, 0.05) is 35.8 Å². The first-order valence-electron chi connectivity index (χ1n) is 6.40. The summed E-state index contributed by atoms with van der Waals surface area (Å²) in [5, 5.41) is 20.7. The van der Waals surface area contributed by atoms with Crippen molar-refractivity contribution in [1.82, 2.24) is 4.57 Å². The Bertz CT molecular complexity index is 857. The Hall–Kier alpha value is -3.13. The van der Waals surface area contributed by atoms with Crippen molar-refractivity contribution in [2.24, 2.45) is 0 Å². The molecule has 5 heteroatoms. The Kier molecular flexibility index (Phi) is 3.13. The highest BCUT2D eigenvalue weighted by molar-refractivity contribution is 5.86. The predicted molar refractivity (Wildman–Crippen MR) is 78.9 cm³/mol. The van der Waals surface area contributed by atoms with E-state index in [0.717, 1.165) is 16.5 Å². The van der Waals surface area contributed by atoms with Crippen molar-refractivity contribution in [2.45, 2.75) is 6.54 Å². The van der Waals surface area contributed by atoms with Crippen LogP contribution in [0.1, 0.15) is 11.1 Å².